The number of nitrogens with zero attached hydrogens (tertiary/aromatic N) is 3. The van der Waals surface area contributed by atoms with Crippen molar-refractivity contribution in [2.45, 2.75) is 19.4 Å². The lowest BCUT2D eigenvalue weighted by molar-refractivity contribution is 0.0890. The highest BCUT2D eigenvalue weighted by Crippen LogP contribution is 2.35. The van der Waals surface area contributed by atoms with Gasteiger partial charge in [0.15, 0.2) is 0 Å². The summed E-state index contributed by atoms with van der Waals surface area (Å²) in [6.45, 7) is 1.98. The first-order valence-corrected chi connectivity index (χ1v) is 7.20. The number of carbonyl (C=O) groups excluding carboxylic acids is 1. The van der Waals surface area contributed by atoms with E-state index < -0.39 is 0 Å². The molecule has 4 rings (SSSR count). The van der Waals surface area contributed by atoms with Crippen molar-refractivity contribution >= 4 is 28.6 Å². The number of rotatable bonds is 1. The van der Waals surface area contributed by atoms with Crippen molar-refractivity contribution in [1.29, 1.82) is 0 Å². The first kappa shape index (κ1) is 13.0. The van der Waals surface area contributed by atoms with Crippen LogP contribution in [0.5, 0.6) is 0 Å². The third-order valence-electron chi connectivity index (χ3n) is 4.02. The average molecular weight is 295 g/mol. The second-order valence-electron chi connectivity index (χ2n) is 5.53. The zero-order valence-electron chi connectivity index (χ0n) is 12.0. The smallest absolute Gasteiger partial charge is 0.236 e. The molecule has 1 aliphatic rings. The van der Waals surface area contributed by atoms with Crippen LogP contribution in [-0.2, 0) is 0 Å². The molecule has 1 aromatic heterocycles. The van der Waals surface area contributed by atoms with E-state index >= 15 is 0 Å². The summed E-state index contributed by atoms with van der Waals surface area (Å²) in [5, 5.41) is 0. The molecule has 0 saturated carbocycles. The topological polar surface area (TPSA) is 38.1 Å². The second kappa shape index (κ2) is 4.66. The van der Waals surface area contributed by atoms with Gasteiger partial charge in [0.2, 0.25) is 11.9 Å². The molecular formula is C17H14FN3O. The number of hydrogen-bond donors (Lipinski definition) is 0. The Labute approximate surface area is 126 Å². The lowest BCUT2D eigenvalue weighted by Crippen LogP contribution is -2.39. The van der Waals surface area contributed by atoms with Crippen LogP contribution in [0.1, 0.15) is 18.1 Å². The molecule has 1 aliphatic heterocycles. The van der Waals surface area contributed by atoms with Crippen molar-refractivity contribution in [2.75, 3.05) is 4.90 Å². The Morgan fingerprint density at radius 1 is 1.14 bits per heavy atom. The molecule has 5 heteroatoms. The number of imidazole rings is 1. The molecule has 2 aromatic carbocycles. The second-order valence-corrected chi connectivity index (χ2v) is 5.53. The summed E-state index contributed by atoms with van der Waals surface area (Å²) in [6.07, 6.45) is 0.394. The van der Waals surface area contributed by atoms with E-state index in [0.29, 0.717) is 12.4 Å². The Balaban J connectivity index is 1.96. The first-order valence-electron chi connectivity index (χ1n) is 7.20. The van der Waals surface area contributed by atoms with E-state index in [2.05, 4.69) is 4.98 Å². The molecule has 110 valence electrons. The number of aromatic nitrogens is 2. The van der Waals surface area contributed by atoms with Gasteiger partial charge in [-0.15, -0.1) is 0 Å². The van der Waals surface area contributed by atoms with Crippen molar-refractivity contribution in [3.05, 3.63) is 54.3 Å². The van der Waals surface area contributed by atoms with E-state index in [-0.39, 0.29) is 17.8 Å². The summed E-state index contributed by atoms with van der Waals surface area (Å²) >= 11 is 0. The minimum absolute atomic E-state index is 0.0257. The Kier molecular flexibility index (Phi) is 2.76. The third-order valence-corrected chi connectivity index (χ3v) is 4.02. The van der Waals surface area contributed by atoms with Crippen LogP contribution >= 0.6 is 0 Å². The molecule has 1 atom stereocenters. The molecule has 22 heavy (non-hydrogen) atoms. The lowest BCUT2D eigenvalue weighted by Gasteiger charge is -2.34. The van der Waals surface area contributed by atoms with Gasteiger partial charge in [-0.1, -0.05) is 12.1 Å². The minimum Gasteiger partial charge on any atom is -0.308 e. The normalized spacial score (nSPS) is 17.8. The molecule has 3 aromatic rings. The van der Waals surface area contributed by atoms with Gasteiger partial charge in [-0.05, 0) is 43.3 Å². The van der Waals surface area contributed by atoms with Crippen LogP contribution in [0.2, 0.25) is 0 Å². The van der Waals surface area contributed by atoms with Crippen LogP contribution in [0.15, 0.2) is 48.5 Å². The fourth-order valence-electron chi connectivity index (χ4n) is 3.02. The number of benzene rings is 2. The summed E-state index contributed by atoms with van der Waals surface area (Å²) in [5.41, 5.74) is 2.42. The predicted octanol–water partition coefficient (Wildman–Crippen LogP) is 3.75. The summed E-state index contributed by atoms with van der Waals surface area (Å²) in [6, 6.07) is 13.8. The van der Waals surface area contributed by atoms with Gasteiger partial charge >= 0.3 is 0 Å². The average Bonchev–Trinajstić information content (AvgIpc) is 2.88. The molecular weight excluding hydrogens is 281 g/mol. The zero-order valence-corrected chi connectivity index (χ0v) is 12.0. The molecule has 0 spiro atoms. The Morgan fingerprint density at radius 3 is 2.64 bits per heavy atom. The van der Waals surface area contributed by atoms with Crippen LogP contribution in [0, 0.1) is 5.82 Å². The molecule has 0 amide bonds. The molecule has 0 N–H and O–H groups in total. The highest BCUT2D eigenvalue weighted by Gasteiger charge is 2.32. The maximum Gasteiger partial charge on any atom is 0.236 e. The van der Waals surface area contributed by atoms with Crippen molar-refractivity contribution in [3.8, 4) is 0 Å². The quantitative estimate of drug-likeness (QED) is 0.686. The van der Waals surface area contributed by atoms with Crippen molar-refractivity contribution in [3.63, 3.8) is 0 Å². The molecule has 0 bridgehead atoms. The monoisotopic (exact) mass is 295 g/mol. The number of para-hydroxylation sites is 2. The Hall–Kier alpha value is -2.69. The van der Waals surface area contributed by atoms with Gasteiger partial charge in [0.1, 0.15) is 5.82 Å². The molecule has 4 nitrogen and oxygen atoms in total. The number of anilines is 2. The summed E-state index contributed by atoms with van der Waals surface area (Å²) < 4.78 is 14.8. The van der Waals surface area contributed by atoms with Crippen LogP contribution in [0.4, 0.5) is 16.0 Å². The fourth-order valence-corrected chi connectivity index (χ4v) is 3.02. The molecule has 0 aliphatic carbocycles. The summed E-state index contributed by atoms with van der Waals surface area (Å²) in [4.78, 5) is 19.0. The third kappa shape index (κ3) is 1.82. The standard InChI is InChI=1S/C17H14FN3O/c1-11-10-16(22)21-15-5-3-2-4-14(15)19-17(21)20(11)13-8-6-12(18)7-9-13/h2-9,11H,10H2,1H3. The van der Waals surface area contributed by atoms with Gasteiger partial charge in [0, 0.05) is 18.2 Å². The van der Waals surface area contributed by atoms with Crippen LogP contribution in [0.3, 0.4) is 0 Å². The maximum atomic E-state index is 13.2. The van der Waals surface area contributed by atoms with Crippen LogP contribution in [0.25, 0.3) is 11.0 Å². The van der Waals surface area contributed by atoms with Crippen molar-refractivity contribution in [1.82, 2.24) is 9.55 Å². The highest BCUT2D eigenvalue weighted by atomic mass is 19.1. The molecule has 0 radical (unpaired) electrons. The number of fused-ring (bicyclic) bond motifs is 3. The Bertz CT molecular complexity index is 869. The molecule has 2 heterocycles. The van der Waals surface area contributed by atoms with Gasteiger partial charge in [-0.3, -0.25) is 4.79 Å². The van der Waals surface area contributed by atoms with Gasteiger partial charge < -0.3 is 4.90 Å². The summed E-state index contributed by atoms with van der Waals surface area (Å²) in [7, 11) is 0. The van der Waals surface area contributed by atoms with E-state index in [4.69, 9.17) is 0 Å². The maximum absolute atomic E-state index is 13.2. The van der Waals surface area contributed by atoms with Crippen LogP contribution < -0.4 is 4.90 Å². The summed E-state index contributed by atoms with van der Waals surface area (Å²) in [5.74, 6) is 0.351. The SMILES string of the molecule is CC1CC(=O)n2c(nc3ccccc32)N1c1ccc(F)cc1. The highest BCUT2D eigenvalue weighted by molar-refractivity contribution is 5.97. The van der Waals surface area contributed by atoms with E-state index in [1.54, 1.807) is 16.7 Å². The fraction of sp³-hybridized carbons (Fsp3) is 0.176. The molecule has 1 unspecified atom stereocenters. The number of carbonyl (C=O) groups is 1. The van der Waals surface area contributed by atoms with E-state index in [1.807, 2.05) is 36.1 Å². The van der Waals surface area contributed by atoms with Gasteiger partial charge in [-0.2, -0.15) is 0 Å². The van der Waals surface area contributed by atoms with Crippen molar-refractivity contribution < 1.29 is 9.18 Å². The minimum atomic E-state index is -0.280. The van der Waals surface area contributed by atoms with E-state index in [0.717, 1.165) is 16.7 Å². The largest absolute Gasteiger partial charge is 0.308 e. The van der Waals surface area contributed by atoms with Gasteiger partial charge in [-0.25, -0.2) is 13.9 Å². The van der Waals surface area contributed by atoms with Gasteiger partial charge in [0.25, 0.3) is 0 Å². The van der Waals surface area contributed by atoms with E-state index in [1.165, 1.54) is 12.1 Å². The first-order chi connectivity index (χ1) is 10.6. The number of halogens is 1. The zero-order chi connectivity index (χ0) is 15.3. The van der Waals surface area contributed by atoms with Crippen LogP contribution in [-0.4, -0.2) is 21.5 Å². The van der Waals surface area contributed by atoms with Gasteiger partial charge in [0.05, 0.1) is 11.0 Å². The van der Waals surface area contributed by atoms with Crippen molar-refractivity contribution in [2.24, 2.45) is 0 Å². The lowest BCUT2D eigenvalue weighted by atomic mass is 10.1. The predicted molar refractivity (Wildman–Crippen MR) is 83.0 cm³/mol. The van der Waals surface area contributed by atoms with E-state index in [9.17, 15) is 9.18 Å². The Morgan fingerprint density at radius 2 is 1.86 bits per heavy atom. The molecule has 0 saturated heterocycles. The number of hydrogen-bond acceptors (Lipinski definition) is 3. The molecule has 0 fully saturated rings.